The van der Waals surface area contributed by atoms with E-state index >= 15 is 0 Å². The maximum atomic E-state index is 13.7. The van der Waals surface area contributed by atoms with Crippen LogP contribution in [0.3, 0.4) is 0 Å². The Hall–Kier alpha value is -2.49. The third-order valence-electron chi connectivity index (χ3n) is 3.87. The summed E-state index contributed by atoms with van der Waals surface area (Å²) in [6.07, 6.45) is 3.67. The largest absolute Gasteiger partial charge is 0.357 e. The summed E-state index contributed by atoms with van der Waals surface area (Å²) in [5.41, 5.74) is 2.16. The molecule has 0 aliphatic carbocycles. The molecule has 0 saturated carbocycles. The predicted octanol–water partition coefficient (Wildman–Crippen LogP) is 4.02. The van der Waals surface area contributed by atoms with Crippen LogP contribution in [0.1, 0.15) is 18.1 Å². The van der Waals surface area contributed by atoms with Gasteiger partial charge < -0.3 is 10.6 Å². The molecule has 28 heavy (non-hydrogen) atoms. The van der Waals surface area contributed by atoms with E-state index in [1.165, 1.54) is 6.07 Å². The molecule has 0 saturated heterocycles. The minimum absolute atomic E-state index is 0. The molecule has 1 heterocycles. The Morgan fingerprint density at radius 3 is 2.64 bits per heavy atom. The number of benzene rings is 2. The van der Waals surface area contributed by atoms with Crippen molar-refractivity contribution in [2.24, 2.45) is 4.99 Å². The van der Waals surface area contributed by atoms with Gasteiger partial charge in [0.25, 0.3) is 0 Å². The van der Waals surface area contributed by atoms with Crippen molar-refractivity contribution in [2.45, 2.75) is 20.0 Å². The lowest BCUT2D eigenvalue weighted by Crippen LogP contribution is -2.37. The number of hydrogen-bond acceptors (Lipinski definition) is 2. The molecule has 0 spiro atoms. The van der Waals surface area contributed by atoms with Crippen LogP contribution in [0.5, 0.6) is 0 Å². The number of nitrogens with one attached hydrogen (secondary N) is 2. The maximum Gasteiger partial charge on any atom is 0.191 e. The van der Waals surface area contributed by atoms with Crippen molar-refractivity contribution >= 4 is 29.9 Å². The van der Waals surface area contributed by atoms with Gasteiger partial charge in [0.15, 0.2) is 5.96 Å². The Morgan fingerprint density at radius 1 is 1.11 bits per heavy atom. The maximum absolute atomic E-state index is 13.7. The molecule has 0 aliphatic heterocycles. The Bertz CT molecular complexity index is 912. The third-order valence-corrected chi connectivity index (χ3v) is 3.87. The molecule has 0 amide bonds. The highest BCUT2D eigenvalue weighted by atomic mass is 127. The monoisotopic (exact) mass is 497 g/mol. The fourth-order valence-electron chi connectivity index (χ4n) is 2.53. The number of guanidine groups is 1. The van der Waals surface area contributed by atoms with Gasteiger partial charge in [-0.1, -0.05) is 18.2 Å². The number of rotatable bonds is 6. The smallest absolute Gasteiger partial charge is 0.191 e. The zero-order valence-electron chi connectivity index (χ0n) is 15.4. The topological polar surface area (TPSA) is 54.2 Å². The van der Waals surface area contributed by atoms with Crippen molar-refractivity contribution < 1.29 is 8.78 Å². The molecule has 5 nitrogen and oxygen atoms in total. The van der Waals surface area contributed by atoms with E-state index in [4.69, 9.17) is 0 Å². The van der Waals surface area contributed by atoms with E-state index in [1.54, 1.807) is 10.9 Å². The molecule has 1 aromatic heterocycles. The Balaban J connectivity index is 0.00000280. The number of aliphatic imine (C=N–C) groups is 1. The van der Waals surface area contributed by atoms with Gasteiger partial charge in [-0.15, -0.1) is 24.0 Å². The van der Waals surface area contributed by atoms with Gasteiger partial charge in [-0.05, 0) is 37.3 Å². The van der Waals surface area contributed by atoms with Crippen molar-refractivity contribution in [1.29, 1.82) is 0 Å². The highest BCUT2D eigenvalue weighted by molar-refractivity contribution is 14.0. The van der Waals surface area contributed by atoms with Gasteiger partial charge in [-0.2, -0.15) is 5.10 Å². The molecule has 3 aromatic rings. The molecule has 0 unspecified atom stereocenters. The van der Waals surface area contributed by atoms with Gasteiger partial charge in [-0.3, -0.25) is 0 Å². The Labute approximate surface area is 179 Å². The van der Waals surface area contributed by atoms with E-state index in [2.05, 4.69) is 20.7 Å². The van der Waals surface area contributed by atoms with Crippen LogP contribution >= 0.6 is 24.0 Å². The molecule has 0 atom stereocenters. The van der Waals surface area contributed by atoms with Crippen molar-refractivity contribution in [3.8, 4) is 5.69 Å². The second-order valence-corrected chi connectivity index (χ2v) is 5.91. The summed E-state index contributed by atoms with van der Waals surface area (Å²) in [5, 5.41) is 10.5. The van der Waals surface area contributed by atoms with Crippen molar-refractivity contribution in [1.82, 2.24) is 20.4 Å². The number of hydrogen-bond donors (Lipinski definition) is 2. The molecule has 0 aliphatic rings. The third kappa shape index (κ3) is 6.01. The van der Waals surface area contributed by atoms with Gasteiger partial charge >= 0.3 is 0 Å². The van der Waals surface area contributed by atoms with Crippen LogP contribution in [-0.2, 0) is 13.1 Å². The Morgan fingerprint density at radius 2 is 1.89 bits per heavy atom. The second-order valence-electron chi connectivity index (χ2n) is 5.91. The van der Waals surface area contributed by atoms with Crippen LogP contribution in [0, 0.1) is 11.6 Å². The van der Waals surface area contributed by atoms with Crippen LogP contribution in [0.25, 0.3) is 5.69 Å². The zero-order chi connectivity index (χ0) is 19.1. The molecular weight excluding hydrogens is 475 g/mol. The number of para-hydroxylation sites is 1. The molecule has 8 heteroatoms. The summed E-state index contributed by atoms with van der Waals surface area (Å²) in [7, 11) is 0. The average Bonchev–Trinajstić information content (AvgIpc) is 3.16. The summed E-state index contributed by atoms with van der Waals surface area (Å²) >= 11 is 0. The zero-order valence-corrected chi connectivity index (χ0v) is 17.7. The minimum atomic E-state index is -0.469. The van der Waals surface area contributed by atoms with Crippen LogP contribution in [0.2, 0.25) is 0 Å². The normalized spacial score (nSPS) is 11.0. The average molecular weight is 497 g/mol. The lowest BCUT2D eigenvalue weighted by Gasteiger charge is -2.11. The van der Waals surface area contributed by atoms with Crippen molar-refractivity contribution in [3.63, 3.8) is 0 Å². The van der Waals surface area contributed by atoms with Crippen LogP contribution in [0.15, 0.2) is 65.9 Å². The summed E-state index contributed by atoms with van der Waals surface area (Å²) in [4.78, 5) is 4.48. The molecule has 148 valence electrons. The summed E-state index contributed by atoms with van der Waals surface area (Å²) in [6, 6.07) is 13.2. The highest BCUT2D eigenvalue weighted by Crippen LogP contribution is 2.10. The van der Waals surface area contributed by atoms with E-state index in [1.807, 2.05) is 43.5 Å². The summed E-state index contributed by atoms with van der Waals surface area (Å²) < 4.78 is 28.8. The van der Waals surface area contributed by atoms with Gasteiger partial charge in [0.2, 0.25) is 0 Å². The molecule has 2 aromatic carbocycles. The first-order valence-electron chi connectivity index (χ1n) is 8.71. The fourth-order valence-corrected chi connectivity index (χ4v) is 2.53. The van der Waals surface area contributed by atoms with E-state index in [9.17, 15) is 8.78 Å². The van der Waals surface area contributed by atoms with Gasteiger partial charge in [0.05, 0.1) is 18.4 Å². The standard InChI is InChI=1S/C20H21F2N5.HI/c1-2-23-20(25-13-16-10-17(21)8-9-19(16)22)24-11-15-12-26-27(14-15)18-6-4-3-5-7-18;/h3-10,12,14H,2,11,13H2,1H3,(H2,23,24,25);1H. The molecular formula is C20H22F2IN5. The van der Waals surface area contributed by atoms with Crippen LogP contribution in [-0.4, -0.2) is 22.3 Å². The molecule has 0 bridgehead atoms. The summed E-state index contributed by atoms with van der Waals surface area (Å²) in [5.74, 6) is -0.402. The number of halogens is 3. The van der Waals surface area contributed by atoms with E-state index < -0.39 is 11.6 Å². The molecule has 3 rings (SSSR count). The van der Waals surface area contributed by atoms with Crippen LogP contribution in [0.4, 0.5) is 8.78 Å². The van der Waals surface area contributed by atoms with Crippen LogP contribution < -0.4 is 10.6 Å². The van der Waals surface area contributed by atoms with Gasteiger partial charge in [-0.25, -0.2) is 18.5 Å². The fraction of sp³-hybridized carbons (Fsp3) is 0.200. The van der Waals surface area contributed by atoms with Crippen molar-refractivity contribution in [2.75, 3.05) is 6.54 Å². The van der Waals surface area contributed by atoms with Crippen molar-refractivity contribution in [3.05, 3.63) is 83.7 Å². The highest BCUT2D eigenvalue weighted by Gasteiger charge is 2.06. The number of aromatic nitrogens is 2. The number of nitrogens with zero attached hydrogens (tertiary/aromatic N) is 3. The lowest BCUT2D eigenvalue weighted by molar-refractivity contribution is 0.581. The predicted molar refractivity (Wildman–Crippen MR) is 117 cm³/mol. The SMILES string of the molecule is CCNC(=NCc1cnn(-c2ccccc2)c1)NCc1cc(F)ccc1F.I. The first-order valence-corrected chi connectivity index (χ1v) is 8.71. The Kier molecular flexibility index (Phi) is 8.37. The van der Waals surface area contributed by atoms with Gasteiger partial charge in [0.1, 0.15) is 11.6 Å². The second kappa shape index (κ2) is 10.7. The quantitative estimate of drug-likeness (QED) is 0.308. The summed E-state index contributed by atoms with van der Waals surface area (Å²) in [6.45, 7) is 3.14. The van der Waals surface area contributed by atoms with Gasteiger partial charge in [0, 0.05) is 30.4 Å². The molecule has 0 fully saturated rings. The van der Waals surface area contributed by atoms with E-state index in [0.29, 0.717) is 19.0 Å². The molecule has 2 N–H and O–H groups in total. The molecule has 0 radical (unpaired) electrons. The van der Waals surface area contributed by atoms with E-state index in [0.717, 1.165) is 23.4 Å². The first kappa shape index (κ1) is 21.8. The lowest BCUT2D eigenvalue weighted by atomic mass is 10.2. The van der Waals surface area contributed by atoms with E-state index in [-0.39, 0.29) is 36.1 Å². The minimum Gasteiger partial charge on any atom is -0.357 e. The first-order chi connectivity index (χ1) is 13.2.